The summed E-state index contributed by atoms with van der Waals surface area (Å²) in [4.78, 5) is 15.8. The van der Waals surface area contributed by atoms with Crippen molar-refractivity contribution in [3.05, 3.63) is 46.6 Å². The smallest absolute Gasteiger partial charge is 0.252 e. The van der Waals surface area contributed by atoms with E-state index in [0.29, 0.717) is 16.7 Å². The van der Waals surface area contributed by atoms with Gasteiger partial charge in [0.1, 0.15) is 13.2 Å². The van der Waals surface area contributed by atoms with E-state index in [1.165, 1.54) is 0 Å². The van der Waals surface area contributed by atoms with Gasteiger partial charge in [-0.25, -0.2) is 0 Å². The number of aromatic nitrogens is 2. The van der Waals surface area contributed by atoms with Crippen LogP contribution in [0.2, 0.25) is 5.02 Å². The number of ether oxygens (including phenoxy) is 1. The number of amides is 1. The molecule has 0 saturated carbocycles. The van der Waals surface area contributed by atoms with Gasteiger partial charge in [0.15, 0.2) is 5.82 Å². The fourth-order valence-electron chi connectivity index (χ4n) is 1.82. The maximum Gasteiger partial charge on any atom is 0.252 e. The lowest BCUT2D eigenvalue weighted by atomic mass is 10.1. The van der Waals surface area contributed by atoms with Crippen LogP contribution < -0.4 is 5.32 Å². The molecule has 21 heavy (non-hydrogen) atoms. The zero-order chi connectivity index (χ0) is 15.2. The second-order valence-corrected chi connectivity index (χ2v) is 4.95. The van der Waals surface area contributed by atoms with Crippen LogP contribution in [0, 0.1) is 6.92 Å². The van der Waals surface area contributed by atoms with E-state index in [1.807, 2.05) is 25.1 Å². The highest BCUT2D eigenvalue weighted by Gasteiger charge is 2.12. The summed E-state index contributed by atoms with van der Waals surface area (Å²) in [5.74, 6) is 0.642. The van der Waals surface area contributed by atoms with Gasteiger partial charge in [0.25, 0.3) is 5.89 Å². The average Bonchev–Trinajstić information content (AvgIpc) is 2.84. The molecule has 0 radical (unpaired) electrons. The molecule has 0 aliphatic heterocycles. The van der Waals surface area contributed by atoms with Crippen LogP contribution >= 0.6 is 11.6 Å². The van der Waals surface area contributed by atoms with Crippen molar-refractivity contribution in [1.82, 2.24) is 15.5 Å². The summed E-state index contributed by atoms with van der Waals surface area (Å²) in [5, 5.41) is 7.06. The van der Waals surface area contributed by atoms with Gasteiger partial charge in [-0.15, -0.1) is 0 Å². The molecule has 0 saturated heterocycles. The number of benzene rings is 1. The van der Waals surface area contributed by atoms with Crippen molar-refractivity contribution >= 4 is 17.5 Å². The van der Waals surface area contributed by atoms with Gasteiger partial charge in [0.2, 0.25) is 5.91 Å². The minimum Gasteiger partial charge on any atom is -0.362 e. The van der Waals surface area contributed by atoms with Crippen molar-refractivity contribution in [2.45, 2.75) is 26.5 Å². The first-order valence-electron chi connectivity index (χ1n) is 6.47. The van der Waals surface area contributed by atoms with Gasteiger partial charge in [0.05, 0.1) is 6.04 Å². The lowest BCUT2D eigenvalue weighted by Gasteiger charge is -2.15. The topological polar surface area (TPSA) is 77.2 Å². The van der Waals surface area contributed by atoms with Gasteiger partial charge in [-0.2, -0.15) is 4.98 Å². The molecule has 1 aromatic carbocycles. The molecule has 0 spiro atoms. The van der Waals surface area contributed by atoms with Crippen molar-refractivity contribution in [2.24, 2.45) is 0 Å². The molecule has 1 heterocycles. The van der Waals surface area contributed by atoms with E-state index in [9.17, 15) is 4.79 Å². The van der Waals surface area contributed by atoms with E-state index >= 15 is 0 Å². The SMILES string of the molecule is Cc1noc(COCC(=O)NC(C)c2ccccc2Cl)n1. The van der Waals surface area contributed by atoms with Crippen LogP contribution in [0.15, 0.2) is 28.8 Å². The first-order valence-corrected chi connectivity index (χ1v) is 6.85. The maximum atomic E-state index is 11.8. The van der Waals surface area contributed by atoms with E-state index in [1.54, 1.807) is 13.0 Å². The summed E-state index contributed by atoms with van der Waals surface area (Å²) < 4.78 is 10.1. The summed E-state index contributed by atoms with van der Waals surface area (Å²) >= 11 is 6.08. The standard InChI is InChI=1S/C14H16ClN3O3/c1-9(11-5-3-4-6-12(11)15)16-13(19)7-20-8-14-17-10(2)18-21-14/h3-6,9H,7-8H2,1-2H3,(H,16,19). The largest absolute Gasteiger partial charge is 0.362 e. The van der Waals surface area contributed by atoms with Gasteiger partial charge in [0, 0.05) is 5.02 Å². The van der Waals surface area contributed by atoms with Gasteiger partial charge in [-0.05, 0) is 25.5 Å². The Morgan fingerprint density at radius 3 is 2.90 bits per heavy atom. The molecule has 1 atom stereocenters. The molecule has 0 aliphatic rings. The molecule has 1 amide bonds. The maximum absolute atomic E-state index is 11.8. The molecule has 0 fully saturated rings. The fourth-order valence-corrected chi connectivity index (χ4v) is 2.12. The van der Waals surface area contributed by atoms with E-state index in [0.717, 1.165) is 5.56 Å². The molecule has 6 nitrogen and oxygen atoms in total. The average molecular weight is 310 g/mol. The molecule has 0 bridgehead atoms. The van der Waals surface area contributed by atoms with Gasteiger partial charge < -0.3 is 14.6 Å². The van der Waals surface area contributed by atoms with Crippen LogP contribution in [0.25, 0.3) is 0 Å². The summed E-state index contributed by atoms with van der Waals surface area (Å²) in [7, 11) is 0. The number of carbonyl (C=O) groups is 1. The Hall–Kier alpha value is -1.92. The third kappa shape index (κ3) is 4.54. The lowest BCUT2D eigenvalue weighted by Crippen LogP contribution is -2.30. The quantitative estimate of drug-likeness (QED) is 0.886. The predicted octanol–water partition coefficient (Wildman–Crippen LogP) is 2.43. The summed E-state index contributed by atoms with van der Waals surface area (Å²) in [6, 6.07) is 7.18. The number of halogens is 1. The number of hydrogen-bond acceptors (Lipinski definition) is 5. The van der Waals surface area contributed by atoms with Crippen LogP contribution in [-0.2, 0) is 16.1 Å². The van der Waals surface area contributed by atoms with Gasteiger partial charge in [-0.1, -0.05) is 35.0 Å². The van der Waals surface area contributed by atoms with Crippen LogP contribution in [0.5, 0.6) is 0 Å². The van der Waals surface area contributed by atoms with Crippen molar-refractivity contribution in [2.75, 3.05) is 6.61 Å². The predicted molar refractivity (Wildman–Crippen MR) is 76.7 cm³/mol. The number of rotatable bonds is 6. The van der Waals surface area contributed by atoms with Crippen LogP contribution in [-0.4, -0.2) is 22.7 Å². The summed E-state index contributed by atoms with van der Waals surface area (Å²) in [6.07, 6.45) is 0. The van der Waals surface area contributed by atoms with Crippen molar-refractivity contribution in [1.29, 1.82) is 0 Å². The third-order valence-electron chi connectivity index (χ3n) is 2.78. The molecule has 1 N–H and O–H groups in total. The van der Waals surface area contributed by atoms with Gasteiger partial charge in [-0.3, -0.25) is 4.79 Å². The minimum atomic E-state index is -0.237. The highest BCUT2D eigenvalue weighted by atomic mass is 35.5. The zero-order valence-corrected chi connectivity index (χ0v) is 12.6. The molecule has 1 aromatic heterocycles. The van der Waals surface area contributed by atoms with E-state index < -0.39 is 0 Å². The van der Waals surface area contributed by atoms with Crippen LogP contribution in [0.4, 0.5) is 0 Å². The number of nitrogens with zero attached hydrogens (tertiary/aromatic N) is 2. The Morgan fingerprint density at radius 1 is 1.48 bits per heavy atom. The number of carbonyl (C=O) groups excluding carboxylic acids is 1. The Morgan fingerprint density at radius 2 is 2.24 bits per heavy atom. The molecule has 112 valence electrons. The number of nitrogens with one attached hydrogen (secondary N) is 1. The molecule has 2 rings (SSSR count). The number of aryl methyl sites for hydroxylation is 1. The van der Waals surface area contributed by atoms with E-state index in [2.05, 4.69) is 15.5 Å². The Balaban J connectivity index is 1.78. The second-order valence-electron chi connectivity index (χ2n) is 4.54. The number of hydrogen-bond donors (Lipinski definition) is 1. The Labute approximate surface area is 127 Å². The summed E-state index contributed by atoms with van der Waals surface area (Å²) in [5.41, 5.74) is 0.861. The highest BCUT2D eigenvalue weighted by molar-refractivity contribution is 6.31. The van der Waals surface area contributed by atoms with Gasteiger partial charge >= 0.3 is 0 Å². The fraction of sp³-hybridized carbons (Fsp3) is 0.357. The van der Waals surface area contributed by atoms with Crippen molar-refractivity contribution in [3.8, 4) is 0 Å². The minimum absolute atomic E-state index is 0.0871. The molecule has 7 heteroatoms. The Kier molecular flexibility index (Phi) is 5.30. The highest BCUT2D eigenvalue weighted by Crippen LogP contribution is 2.21. The molecular formula is C14H16ClN3O3. The van der Waals surface area contributed by atoms with Crippen LogP contribution in [0.1, 0.15) is 30.2 Å². The lowest BCUT2D eigenvalue weighted by molar-refractivity contribution is -0.127. The molecular weight excluding hydrogens is 294 g/mol. The molecule has 1 unspecified atom stereocenters. The zero-order valence-electron chi connectivity index (χ0n) is 11.8. The normalized spacial score (nSPS) is 12.1. The van der Waals surface area contributed by atoms with E-state index in [-0.39, 0.29) is 25.2 Å². The van der Waals surface area contributed by atoms with Crippen LogP contribution in [0.3, 0.4) is 0 Å². The molecule has 0 aliphatic carbocycles. The van der Waals surface area contributed by atoms with Crippen molar-refractivity contribution in [3.63, 3.8) is 0 Å². The first kappa shape index (κ1) is 15.5. The molecule has 2 aromatic rings. The Bertz CT molecular complexity index is 615. The monoisotopic (exact) mass is 309 g/mol. The first-order chi connectivity index (χ1) is 10.1. The second kappa shape index (κ2) is 7.19. The van der Waals surface area contributed by atoms with E-state index in [4.69, 9.17) is 20.9 Å². The summed E-state index contributed by atoms with van der Waals surface area (Å²) in [6.45, 7) is 3.59. The van der Waals surface area contributed by atoms with Crippen molar-refractivity contribution < 1.29 is 14.1 Å². The third-order valence-corrected chi connectivity index (χ3v) is 3.12.